The minimum Gasteiger partial charge on any atom is -0.377 e. The van der Waals surface area contributed by atoms with Gasteiger partial charge in [0, 0.05) is 19.7 Å². The van der Waals surface area contributed by atoms with E-state index >= 15 is 0 Å². The number of unbranched alkanes of at least 4 members (excludes halogenated alkanes) is 2. The Balaban J connectivity index is 1.89. The highest BCUT2D eigenvalue weighted by molar-refractivity contribution is 5.77. The first-order chi connectivity index (χ1) is 7.83. The molecule has 1 aliphatic rings. The summed E-state index contributed by atoms with van der Waals surface area (Å²) in [5.41, 5.74) is 0. The molecule has 0 radical (unpaired) electrons. The summed E-state index contributed by atoms with van der Waals surface area (Å²) in [5, 5.41) is 6.03. The van der Waals surface area contributed by atoms with Crippen LogP contribution in [0, 0.1) is 0 Å². The number of hydrogen-bond acceptors (Lipinski definition) is 3. The van der Waals surface area contributed by atoms with Crippen LogP contribution in [-0.2, 0) is 9.53 Å². The SMILES string of the molecule is CCCCCNC(=O)CNCC1CCCO1. The predicted octanol–water partition coefficient (Wildman–Crippen LogP) is 1.06. The van der Waals surface area contributed by atoms with Crippen molar-refractivity contribution in [1.82, 2.24) is 10.6 Å². The molecule has 16 heavy (non-hydrogen) atoms. The summed E-state index contributed by atoms with van der Waals surface area (Å²) in [7, 11) is 0. The van der Waals surface area contributed by atoms with Crippen LogP contribution < -0.4 is 10.6 Å². The van der Waals surface area contributed by atoms with E-state index in [4.69, 9.17) is 4.74 Å². The van der Waals surface area contributed by atoms with E-state index in [0.29, 0.717) is 12.6 Å². The first kappa shape index (κ1) is 13.5. The molecule has 1 amide bonds. The zero-order chi connectivity index (χ0) is 11.6. The Hall–Kier alpha value is -0.610. The van der Waals surface area contributed by atoms with Crippen molar-refractivity contribution < 1.29 is 9.53 Å². The van der Waals surface area contributed by atoms with Gasteiger partial charge >= 0.3 is 0 Å². The molecule has 1 saturated heterocycles. The second kappa shape index (κ2) is 8.53. The van der Waals surface area contributed by atoms with Gasteiger partial charge in [0.1, 0.15) is 0 Å². The third-order valence-electron chi connectivity index (χ3n) is 2.78. The molecule has 0 aliphatic carbocycles. The molecule has 4 nitrogen and oxygen atoms in total. The van der Waals surface area contributed by atoms with Crippen LogP contribution in [0.2, 0.25) is 0 Å². The Morgan fingerprint density at radius 1 is 1.44 bits per heavy atom. The molecule has 1 atom stereocenters. The Morgan fingerprint density at radius 2 is 2.31 bits per heavy atom. The molecule has 1 rings (SSSR count). The molecule has 94 valence electrons. The molecule has 0 aromatic heterocycles. The Kier molecular flexibility index (Phi) is 7.17. The van der Waals surface area contributed by atoms with Crippen molar-refractivity contribution >= 4 is 5.91 Å². The van der Waals surface area contributed by atoms with Gasteiger partial charge in [-0.15, -0.1) is 0 Å². The summed E-state index contributed by atoms with van der Waals surface area (Å²) < 4.78 is 5.45. The van der Waals surface area contributed by atoms with Crippen LogP contribution in [0.5, 0.6) is 0 Å². The molecular formula is C12H24N2O2. The van der Waals surface area contributed by atoms with Crippen molar-refractivity contribution in [3.8, 4) is 0 Å². The van der Waals surface area contributed by atoms with Gasteiger partial charge in [-0.25, -0.2) is 0 Å². The average Bonchev–Trinajstić information content (AvgIpc) is 2.77. The van der Waals surface area contributed by atoms with Crippen LogP contribution in [0.25, 0.3) is 0 Å². The highest BCUT2D eigenvalue weighted by atomic mass is 16.5. The van der Waals surface area contributed by atoms with E-state index in [1.165, 1.54) is 12.8 Å². The number of carbonyl (C=O) groups excluding carboxylic acids is 1. The maximum atomic E-state index is 11.4. The molecule has 4 heteroatoms. The molecule has 0 aromatic carbocycles. The lowest BCUT2D eigenvalue weighted by atomic mass is 10.2. The summed E-state index contributed by atoms with van der Waals surface area (Å²) in [5.74, 6) is 0.0918. The van der Waals surface area contributed by atoms with Gasteiger partial charge in [0.25, 0.3) is 0 Å². The van der Waals surface area contributed by atoms with Crippen molar-refractivity contribution in [3.05, 3.63) is 0 Å². The van der Waals surface area contributed by atoms with Gasteiger partial charge in [-0.05, 0) is 19.3 Å². The summed E-state index contributed by atoms with van der Waals surface area (Å²) in [6.45, 7) is 5.03. The molecule has 1 aliphatic heterocycles. The predicted molar refractivity (Wildman–Crippen MR) is 64.4 cm³/mol. The lowest BCUT2D eigenvalue weighted by Gasteiger charge is -2.10. The van der Waals surface area contributed by atoms with Gasteiger partial charge < -0.3 is 15.4 Å². The van der Waals surface area contributed by atoms with Gasteiger partial charge in [0.05, 0.1) is 12.6 Å². The normalized spacial score (nSPS) is 19.9. The Morgan fingerprint density at radius 3 is 3.00 bits per heavy atom. The monoisotopic (exact) mass is 228 g/mol. The Bertz CT molecular complexity index is 191. The van der Waals surface area contributed by atoms with Crippen molar-refractivity contribution in [2.75, 3.05) is 26.2 Å². The number of ether oxygens (including phenoxy) is 1. The van der Waals surface area contributed by atoms with E-state index in [2.05, 4.69) is 17.6 Å². The molecule has 1 fully saturated rings. The van der Waals surface area contributed by atoms with Crippen molar-refractivity contribution in [2.45, 2.75) is 45.1 Å². The first-order valence-electron chi connectivity index (χ1n) is 6.42. The van der Waals surface area contributed by atoms with Crippen LogP contribution in [0.3, 0.4) is 0 Å². The first-order valence-corrected chi connectivity index (χ1v) is 6.42. The fourth-order valence-electron chi connectivity index (χ4n) is 1.82. The number of carbonyl (C=O) groups is 1. The fraction of sp³-hybridized carbons (Fsp3) is 0.917. The summed E-state index contributed by atoms with van der Waals surface area (Å²) >= 11 is 0. The lowest BCUT2D eigenvalue weighted by molar-refractivity contribution is -0.120. The molecular weight excluding hydrogens is 204 g/mol. The smallest absolute Gasteiger partial charge is 0.233 e. The molecule has 1 unspecified atom stereocenters. The van der Waals surface area contributed by atoms with E-state index in [1.54, 1.807) is 0 Å². The van der Waals surface area contributed by atoms with Crippen molar-refractivity contribution in [2.24, 2.45) is 0 Å². The molecule has 2 N–H and O–H groups in total. The maximum Gasteiger partial charge on any atom is 0.233 e. The van der Waals surface area contributed by atoms with Crippen LogP contribution in [0.15, 0.2) is 0 Å². The average molecular weight is 228 g/mol. The lowest BCUT2D eigenvalue weighted by Crippen LogP contribution is -2.37. The minimum atomic E-state index is 0.0918. The topological polar surface area (TPSA) is 50.4 Å². The largest absolute Gasteiger partial charge is 0.377 e. The molecule has 0 bridgehead atoms. The van der Waals surface area contributed by atoms with Crippen LogP contribution >= 0.6 is 0 Å². The van der Waals surface area contributed by atoms with E-state index < -0.39 is 0 Å². The van der Waals surface area contributed by atoms with Crippen molar-refractivity contribution in [3.63, 3.8) is 0 Å². The van der Waals surface area contributed by atoms with E-state index in [9.17, 15) is 4.79 Å². The summed E-state index contributed by atoms with van der Waals surface area (Å²) in [4.78, 5) is 11.4. The Labute approximate surface area is 98.1 Å². The fourth-order valence-corrected chi connectivity index (χ4v) is 1.82. The maximum absolute atomic E-state index is 11.4. The minimum absolute atomic E-state index is 0.0918. The number of nitrogens with one attached hydrogen (secondary N) is 2. The highest BCUT2D eigenvalue weighted by Crippen LogP contribution is 2.10. The van der Waals surface area contributed by atoms with Gasteiger partial charge in [-0.2, -0.15) is 0 Å². The zero-order valence-electron chi connectivity index (χ0n) is 10.3. The van der Waals surface area contributed by atoms with Crippen molar-refractivity contribution in [1.29, 1.82) is 0 Å². The van der Waals surface area contributed by atoms with E-state index in [1.807, 2.05) is 0 Å². The van der Waals surface area contributed by atoms with E-state index in [0.717, 1.165) is 39.0 Å². The third-order valence-corrected chi connectivity index (χ3v) is 2.78. The molecule has 0 aromatic rings. The number of rotatable bonds is 8. The van der Waals surface area contributed by atoms with Gasteiger partial charge in [-0.1, -0.05) is 19.8 Å². The molecule has 0 saturated carbocycles. The van der Waals surface area contributed by atoms with Gasteiger partial charge in [0.15, 0.2) is 0 Å². The van der Waals surface area contributed by atoms with Gasteiger partial charge in [0.2, 0.25) is 5.91 Å². The highest BCUT2D eigenvalue weighted by Gasteiger charge is 2.14. The standard InChI is InChI=1S/C12H24N2O2/c1-2-3-4-7-14-12(15)10-13-9-11-6-5-8-16-11/h11,13H,2-10H2,1H3,(H,14,15). The second-order valence-electron chi connectivity index (χ2n) is 4.32. The quantitative estimate of drug-likeness (QED) is 0.611. The van der Waals surface area contributed by atoms with Crippen LogP contribution in [-0.4, -0.2) is 38.3 Å². The zero-order valence-corrected chi connectivity index (χ0v) is 10.3. The number of amides is 1. The third kappa shape index (κ3) is 6.08. The van der Waals surface area contributed by atoms with Gasteiger partial charge in [-0.3, -0.25) is 4.79 Å². The van der Waals surface area contributed by atoms with Crippen LogP contribution in [0.4, 0.5) is 0 Å². The number of hydrogen-bond donors (Lipinski definition) is 2. The summed E-state index contributed by atoms with van der Waals surface area (Å²) in [6.07, 6.45) is 6.03. The molecule has 0 spiro atoms. The second-order valence-corrected chi connectivity index (χ2v) is 4.32. The van der Waals surface area contributed by atoms with E-state index in [-0.39, 0.29) is 5.91 Å². The molecule has 1 heterocycles. The van der Waals surface area contributed by atoms with Crippen LogP contribution in [0.1, 0.15) is 39.0 Å². The summed E-state index contributed by atoms with van der Waals surface area (Å²) in [6, 6.07) is 0.